The lowest BCUT2D eigenvalue weighted by Crippen LogP contribution is -2.45. The monoisotopic (exact) mass is 543 g/mol. The number of guanidine groups is 1. The van der Waals surface area contributed by atoms with E-state index in [4.69, 9.17) is 0 Å². The largest absolute Gasteiger partial charge is 0.369 e. The van der Waals surface area contributed by atoms with E-state index >= 15 is 0 Å². The van der Waals surface area contributed by atoms with E-state index in [0.29, 0.717) is 6.04 Å². The van der Waals surface area contributed by atoms with Gasteiger partial charge in [-0.15, -0.1) is 24.0 Å². The number of aliphatic imine (C=N–C) groups is 1. The third kappa shape index (κ3) is 6.64. The van der Waals surface area contributed by atoms with E-state index in [1.54, 1.807) is 0 Å². The van der Waals surface area contributed by atoms with Crippen LogP contribution in [-0.4, -0.2) is 43.7 Å². The van der Waals surface area contributed by atoms with Gasteiger partial charge in [-0.05, 0) is 55.7 Å². The zero-order chi connectivity index (χ0) is 18.4. The molecule has 3 rings (SSSR count). The molecule has 1 aliphatic heterocycles. The molecule has 2 heterocycles. The highest BCUT2D eigenvalue weighted by molar-refractivity contribution is 14.0. The summed E-state index contributed by atoms with van der Waals surface area (Å²) in [7, 11) is 1.82. The number of nitrogens with zero attached hydrogens (tertiary/aromatic N) is 3. The summed E-state index contributed by atoms with van der Waals surface area (Å²) in [5.41, 5.74) is 3.56. The van der Waals surface area contributed by atoms with Crippen molar-refractivity contribution in [1.29, 1.82) is 0 Å². The van der Waals surface area contributed by atoms with Crippen LogP contribution in [0, 0.1) is 6.92 Å². The average Bonchev–Trinajstić information content (AvgIpc) is 3.11. The van der Waals surface area contributed by atoms with E-state index in [0.717, 1.165) is 48.6 Å². The first kappa shape index (κ1) is 21.9. The fourth-order valence-electron chi connectivity index (χ4n) is 3.12. The van der Waals surface area contributed by atoms with Crippen molar-refractivity contribution in [1.82, 2.24) is 15.6 Å². The molecule has 2 aromatic rings. The van der Waals surface area contributed by atoms with Crippen molar-refractivity contribution in [2.24, 2.45) is 4.99 Å². The summed E-state index contributed by atoms with van der Waals surface area (Å²) in [5, 5.41) is 6.95. The summed E-state index contributed by atoms with van der Waals surface area (Å²) in [5.74, 6) is 0.868. The maximum Gasteiger partial charge on any atom is 0.191 e. The Bertz CT molecular complexity index is 733. The van der Waals surface area contributed by atoms with Gasteiger partial charge in [-0.25, -0.2) is 0 Å². The minimum atomic E-state index is 0. The summed E-state index contributed by atoms with van der Waals surface area (Å²) in [6.07, 6.45) is 3.99. The van der Waals surface area contributed by atoms with Gasteiger partial charge in [0.25, 0.3) is 0 Å². The van der Waals surface area contributed by atoms with Crippen LogP contribution in [0.3, 0.4) is 0 Å². The first-order chi connectivity index (χ1) is 12.6. The normalized spacial score (nSPS) is 16.8. The van der Waals surface area contributed by atoms with E-state index in [1.165, 1.54) is 11.3 Å². The quantitative estimate of drug-likeness (QED) is 0.342. The Kier molecular flexibility index (Phi) is 8.82. The number of anilines is 1. The first-order valence-corrected chi connectivity index (χ1v) is 9.82. The standard InChI is InChI=1S/C20H26BrN5.HI/c1-15-3-4-16(13-24-15)9-11-23-20(22-2)25-18-10-12-26(14-18)19-7-5-17(21)6-8-19;/h3-8,13,18H,9-12,14H2,1-2H3,(H2,22,23,25);1H. The van der Waals surface area contributed by atoms with Gasteiger partial charge < -0.3 is 15.5 Å². The summed E-state index contributed by atoms with van der Waals surface area (Å²) >= 11 is 3.49. The number of benzene rings is 1. The van der Waals surface area contributed by atoms with Crippen LogP contribution in [-0.2, 0) is 6.42 Å². The molecule has 7 heteroatoms. The Morgan fingerprint density at radius 2 is 2.04 bits per heavy atom. The molecule has 1 aromatic heterocycles. The van der Waals surface area contributed by atoms with Gasteiger partial charge in [0, 0.05) is 54.8 Å². The molecule has 0 amide bonds. The van der Waals surface area contributed by atoms with E-state index in [-0.39, 0.29) is 24.0 Å². The number of aryl methyl sites for hydroxylation is 1. The van der Waals surface area contributed by atoms with Gasteiger partial charge in [-0.1, -0.05) is 22.0 Å². The minimum Gasteiger partial charge on any atom is -0.369 e. The number of hydrogen-bond acceptors (Lipinski definition) is 3. The molecule has 0 radical (unpaired) electrons. The molecule has 1 aromatic carbocycles. The van der Waals surface area contributed by atoms with Crippen molar-refractivity contribution < 1.29 is 0 Å². The molecular weight excluding hydrogens is 517 g/mol. The van der Waals surface area contributed by atoms with Crippen LogP contribution in [0.25, 0.3) is 0 Å². The zero-order valence-corrected chi connectivity index (χ0v) is 19.7. The van der Waals surface area contributed by atoms with Crippen LogP contribution in [0.5, 0.6) is 0 Å². The van der Waals surface area contributed by atoms with Gasteiger partial charge in [-0.3, -0.25) is 9.98 Å². The van der Waals surface area contributed by atoms with Gasteiger partial charge in [0.1, 0.15) is 0 Å². The Morgan fingerprint density at radius 3 is 2.70 bits per heavy atom. The lowest BCUT2D eigenvalue weighted by molar-refractivity contribution is 0.648. The molecule has 2 N–H and O–H groups in total. The van der Waals surface area contributed by atoms with Crippen molar-refractivity contribution in [3.8, 4) is 0 Å². The number of rotatable bonds is 5. The lowest BCUT2D eigenvalue weighted by Gasteiger charge is -2.20. The van der Waals surface area contributed by atoms with Crippen LogP contribution in [0.2, 0.25) is 0 Å². The number of halogens is 2. The second-order valence-electron chi connectivity index (χ2n) is 6.61. The van der Waals surface area contributed by atoms with Crippen molar-refractivity contribution in [3.05, 3.63) is 58.3 Å². The molecule has 1 aliphatic rings. The van der Waals surface area contributed by atoms with Crippen LogP contribution >= 0.6 is 39.9 Å². The van der Waals surface area contributed by atoms with Crippen LogP contribution < -0.4 is 15.5 Å². The average molecular weight is 544 g/mol. The smallest absolute Gasteiger partial charge is 0.191 e. The first-order valence-electron chi connectivity index (χ1n) is 9.03. The van der Waals surface area contributed by atoms with Gasteiger partial charge in [0.2, 0.25) is 0 Å². The van der Waals surface area contributed by atoms with Crippen molar-refractivity contribution in [3.63, 3.8) is 0 Å². The van der Waals surface area contributed by atoms with Gasteiger partial charge in [0.15, 0.2) is 5.96 Å². The Hall–Kier alpha value is -1.35. The topological polar surface area (TPSA) is 52.6 Å². The van der Waals surface area contributed by atoms with Gasteiger partial charge >= 0.3 is 0 Å². The fraction of sp³-hybridized carbons (Fsp3) is 0.400. The van der Waals surface area contributed by atoms with E-state index < -0.39 is 0 Å². The molecule has 1 unspecified atom stereocenters. The number of nitrogens with one attached hydrogen (secondary N) is 2. The highest BCUT2D eigenvalue weighted by atomic mass is 127. The second kappa shape index (κ2) is 10.8. The Morgan fingerprint density at radius 1 is 1.26 bits per heavy atom. The molecule has 1 fully saturated rings. The summed E-state index contributed by atoms with van der Waals surface area (Å²) in [6, 6.07) is 13.1. The molecule has 0 aliphatic carbocycles. The summed E-state index contributed by atoms with van der Waals surface area (Å²) in [6.45, 7) is 4.90. The van der Waals surface area contributed by atoms with E-state index in [2.05, 4.69) is 77.8 Å². The van der Waals surface area contributed by atoms with Gasteiger partial charge in [-0.2, -0.15) is 0 Å². The van der Waals surface area contributed by atoms with Crippen molar-refractivity contribution >= 4 is 51.6 Å². The van der Waals surface area contributed by atoms with Crippen LogP contribution in [0.15, 0.2) is 52.1 Å². The lowest BCUT2D eigenvalue weighted by atomic mass is 10.2. The SMILES string of the molecule is CN=C(NCCc1ccc(C)nc1)NC1CCN(c2ccc(Br)cc2)C1.I. The molecule has 27 heavy (non-hydrogen) atoms. The maximum atomic E-state index is 4.36. The Labute approximate surface area is 187 Å². The van der Waals surface area contributed by atoms with E-state index in [9.17, 15) is 0 Å². The van der Waals surface area contributed by atoms with Crippen molar-refractivity contribution in [2.75, 3.05) is 31.6 Å². The summed E-state index contributed by atoms with van der Waals surface area (Å²) in [4.78, 5) is 11.1. The fourth-order valence-corrected chi connectivity index (χ4v) is 3.39. The second-order valence-corrected chi connectivity index (χ2v) is 7.52. The Balaban J connectivity index is 0.00000261. The molecule has 0 bridgehead atoms. The zero-order valence-electron chi connectivity index (χ0n) is 15.8. The number of hydrogen-bond donors (Lipinski definition) is 2. The molecule has 1 atom stereocenters. The number of pyridine rings is 1. The highest BCUT2D eigenvalue weighted by Crippen LogP contribution is 2.22. The highest BCUT2D eigenvalue weighted by Gasteiger charge is 2.23. The summed E-state index contributed by atoms with van der Waals surface area (Å²) < 4.78 is 1.11. The minimum absolute atomic E-state index is 0. The number of aromatic nitrogens is 1. The van der Waals surface area contributed by atoms with Crippen molar-refractivity contribution in [2.45, 2.75) is 25.8 Å². The third-order valence-corrected chi connectivity index (χ3v) is 5.15. The van der Waals surface area contributed by atoms with E-state index in [1.807, 2.05) is 20.2 Å². The molecule has 0 saturated carbocycles. The molecule has 0 spiro atoms. The van der Waals surface area contributed by atoms with Crippen LogP contribution in [0.1, 0.15) is 17.7 Å². The molecule has 1 saturated heterocycles. The predicted octanol–water partition coefficient (Wildman–Crippen LogP) is 3.76. The molecular formula is C20H27BrIN5. The third-order valence-electron chi connectivity index (χ3n) is 4.62. The van der Waals surface area contributed by atoms with Crippen LogP contribution in [0.4, 0.5) is 5.69 Å². The molecule has 5 nitrogen and oxygen atoms in total. The predicted molar refractivity (Wildman–Crippen MR) is 127 cm³/mol. The molecule has 146 valence electrons. The maximum absolute atomic E-state index is 4.36. The van der Waals surface area contributed by atoms with Gasteiger partial charge in [0.05, 0.1) is 0 Å².